The lowest BCUT2D eigenvalue weighted by atomic mass is 9.82. The first-order chi connectivity index (χ1) is 15.0. The monoisotopic (exact) mass is 420 g/mol. The largest absolute Gasteiger partial charge is 0.255 e. The number of benzene rings is 2. The van der Waals surface area contributed by atoms with Crippen molar-refractivity contribution in [1.82, 2.24) is 9.97 Å². The van der Waals surface area contributed by atoms with Gasteiger partial charge in [0.25, 0.3) is 0 Å². The second-order valence-corrected chi connectivity index (χ2v) is 10.5. The van der Waals surface area contributed by atoms with Crippen LogP contribution in [0.1, 0.15) is 37.5 Å². The van der Waals surface area contributed by atoms with Crippen molar-refractivity contribution in [1.29, 1.82) is 0 Å². The van der Waals surface area contributed by atoms with Crippen molar-refractivity contribution in [2.24, 2.45) is 0 Å². The van der Waals surface area contributed by atoms with Crippen molar-refractivity contribution in [3.63, 3.8) is 0 Å². The van der Waals surface area contributed by atoms with E-state index in [0.29, 0.717) is 0 Å². The van der Waals surface area contributed by atoms with Crippen LogP contribution in [0.15, 0.2) is 67.0 Å². The third-order valence-electron chi connectivity index (χ3n) is 6.40. The second-order valence-electron chi connectivity index (χ2n) is 9.45. The molecule has 0 amide bonds. The highest BCUT2D eigenvalue weighted by Gasteiger charge is 2.24. The number of hydrogen-bond acceptors (Lipinski definition) is 3. The summed E-state index contributed by atoms with van der Waals surface area (Å²) in [4.78, 5) is 11.0. The van der Waals surface area contributed by atoms with E-state index in [1.165, 1.54) is 48.0 Å². The van der Waals surface area contributed by atoms with Crippen LogP contribution in [0, 0.1) is 0 Å². The number of rotatable bonds is 1. The Morgan fingerprint density at radius 3 is 2.52 bits per heavy atom. The summed E-state index contributed by atoms with van der Waals surface area (Å²) in [6, 6.07) is 19.8. The Morgan fingerprint density at radius 1 is 0.806 bits per heavy atom. The molecular formula is C28H24N2S. The maximum Gasteiger partial charge on any atom is 0.0880 e. The van der Waals surface area contributed by atoms with E-state index < -0.39 is 0 Å². The Morgan fingerprint density at radius 2 is 1.65 bits per heavy atom. The van der Waals surface area contributed by atoms with E-state index in [1.54, 1.807) is 0 Å². The van der Waals surface area contributed by atoms with Crippen molar-refractivity contribution in [2.45, 2.75) is 39.0 Å². The van der Waals surface area contributed by atoms with Gasteiger partial charge in [0, 0.05) is 23.3 Å². The minimum atomic E-state index is 0.0566. The van der Waals surface area contributed by atoms with Gasteiger partial charge >= 0.3 is 0 Å². The minimum absolute atomic E-state index is 0.0566. The quantitative estimate of drug-likeness (QED) is 0.279. The first kappa shape index (κ1) is 18.7. The summed E-state index contributed by atoms with van der Waals surface area (Å²) < 4.78 is 1.28. The van der Waals surface area contributed by atoms with E-state index in [4.69, 9.17) is 9.97 Å². The zero-order valence-corrected chi connectivity index (χ0v) is 18.9. The Hall–Kier alpha value is -3.04. The van der Waals surface area contributed by atoms with Crippen LogP contribution < -0.4 is 0 Å². The smallest absolute Gasteiger partial charge is 0.0880 e. The molecular weight excluding hydrogens is 396 g/mol. The number of nitrogens with zero attached hydrogens (tertiary/aromatic N) is 2. The Kier molecular flexibility index (Phi) is 4.06. The molecule has 0 aliphatic heterocycles. The van der Waals surface area contributed by atoms with Crippen molar-refractivity contribution in [3.05, 3.63) is 83.7 Å². The van der Waals surface area contributed by atoms with Gasteiger partial charge in [-0.1, -0.05) is 51.1 Å². The van der Waals surface area contributed by atoms with Gasteiger partial charge in [-0.05, 0) is 70.0 Å². The Bertz CT molecular complexity index is 1470. The molecule has 0 unspecified atom stereocenters. The fourth-order valence-electron chi connectivity index (χ4n) is 4.89. The van der Waals surface area contributed by atoms with Gasteiger partial charge in [0.2, 0.25) is 0 Å². The van der Waals surface area contributed by atoms with Gasteiger partial charge in [0.15, 0.2) is 0 Å². The summed E-state index contributed by atoms with van der Waals surface area (Å²) in [6.45, 7) is 6.87. The molecule has 0 N–H and O–H groups in total. The van der Waals surface area contributed by atoms with Crippen molar-refractivity contribution < 1.29 is 0 Å². The van der Waals surface area contributed by atoms with Gasteiger partial charge < -0.3 is 0 Å². The van der Waals surface area contributed by atoms with E-state index in [1.807, 2.05) is 29.8 Å². The normalized spacial score (nSPS) is 13.4. The molecule has 5 aromatic rings. The summed E-state index contributed by atoms with van der Waals surface area (Å²) in [7, 11) is 0. The lowest BCUT2D eigenvalue weighted by Crippen LogP contribution is -2.12. The molecule has 2 aromatic carbocycles. The number of hydrogen-bond donors (Lipinski definition) is 0. The third kappa shape index (κ3) is 2.91. The first-order valence-corrected chi connectivity index (χ1v) is 11.7. The molecule has 0 bridgehead atoms. The summed E-state index contributed by atoms with van der Waals surface area (Å²) in [5.41, 5.74) is 7.67. The first-order valence-electron chi connectivity index (χ1n) is 10.9. The lowest BCUT2D eigenvalue weighted by molar-refractivity contribution is 0.596. The second kappa shape index (κ2) is 6.73. The molecule has 0 saturated heterocycles. The van der Waals surface area contributed by atoms with Crippen LogP contribution in [-0.4, -0.2) is 9.97 Å². The molecule has 6 rings (SSSR count). The molecule has 0 saturated carbocycles. The van der Waals surface area contributed by atoms with Crippen LogP contribution in [0.4, 0.5) is 0 Å². The highest BCUT2D eigenvalue weighted by atomic mass is 32.1. The minimum Gasteiger partial charge on any atom is -0.255 e. The predicted octanol–water partition coefficient (Wildman–Crippen LogP) is 7.57. The van der Waals surface area contributed by atoms with Crippen LogP contribution in [-0.2, 0) is 18.3 Å². The molecule has 3 heterocycles. The highest BCUT2D eigenvalue weighted by molar-refractivity contribution is 7.23. The van der Waals surface area contributed by atoms with Gasteiger partial charge in [-0.2, -0.15) is 0 Å². The lowest BCUT2D eigenvalue weighted by Gasteiger charge is -2.22. The van der Waals surface area contributed by atoms with E-state index >= 15 is 0 Å². The van der Waals surface area contributed by atoms with Crippen molar-refractivity contribution in [3.8, 4) is 21.8 Å². The average molecular weight is 421 g/mol. The van der Waals surface area contributed by atoms with E-state index in [2.05, 4.69) is 69.3 Å². The van der Waals surface area contributed by atoms with Crippen LogP contribution in [0.25, 0.3) is 42.7 Å². The van der Waals surface area contributed by atoms with Crippen molar-refractivity contribution in [2.75, 3.05) is 0 Å². The Labute approximate surface area is 186 Å². The molecule has 31 heavy (non-hydrogen) atoms. The molecule has 3 aromatic heterocycles. The SMILES string of the molecule is CC(C)(C)c1cc(-c2nccc3c4c(sc23)-c2ncccc2CC4)cc2ccccc12. The third-order valence-corrected chi connectivity index (χ3v) is 7.66. The fraction of sp³-hybridized carbons (Fsp3) is 0.214. The van der Waals surface area contributed by atoms with Crippen LogP contribution in [0.2, 0.25) is 0 Å². The number of thiophene rings is 1. The molecule has 1 aliphatic rings. The molecule has 152 valence electrons. The van der Waals surface area contributed by atoms with Gasteiger partial charge in [0.1, 0.15) is 0 Å². The molecule has 1 aliphatic carbocycles. The number of pyridine rings is 2. The topological polar surface area (TPSA) is 25.8 Å². The Balaban J connectivity index is 1.64. The molecule has 0 spiro atoms. The van der Waals surface area contributed by atoms with E-state index in [9.17, 15) is 0 Å². The standard InChI is InChI=1S/C28H24N2S/c1-28(2,3)23-16-19(15-18-7-4-5-9-20(18)23)25-27-22(12-14-30-25)21-11-10-17-8-6-13-29-24(17)26(21)31-27/h4-9,12-16H,10-11H2,1-3H3. The summed E-state index contributed by atoms with van der Waals surface area (Å²) in [5, 5.41) is 3.94. The highest BCUT2D eigenvalue weighted by Crippen LogP contribution is 2.46. The molecule has 0 atom stereocenters. The van der Waals surface area contributed by atoms with Gasteiger partial charge in [-0.3, -0.25) is 9.97 Å². The zero-order valence-electron chi connectivity index (χ0n) is 18.1. The number of aryl methyl sites for hydroxylation is 2. The van der Waals surface area contributed by atoms with Crippen LogP contribution >= 0.6 is 11.3 Å². The maximum absolute atomic E-state index is 4.90. The van der Waals surface area contributed by atoms with E-state index in [-0.39, 0.29) is 5.41 Å². The molecule has 0 fully saturated rings. The van der Waals surface area contributed by atoms with E-state index in [0.717, 1.165) is 24.2 Å². The maximum atomic E-state index is 4.90. The predicted molar refractivity (Wildman–Crippen MR) is 132 cm³/mol. The van der Waals surface area contributed by atoms with Gasteiger partial charge in [-0.25, -0.2) is 0 Å². The fourth-order valence-corrected chi connectivity index (χ4v) is 6.28. The van der Waals surface area contributed by atoms with Crippen LogP contribution in [0.3, 0.4) is 0 Å². The number of fused-ring (bicyclic) bond motifs is 6. The van der Waals surface area contributed by atoms with Gasteiger partial charge in [0.05, 0.1) is 21.0 Å². The summed E-state index contributed by atoms with van der Waals surface area (Å²) in [6.07, 6.45) is 6.02. The van der Waals surface area contributed by atoms with Gasteiger partial charge in [-0.15, -0.1) is 11.3 Å². The number of aromatic nitrogens is 2. The van der Waals surface area contributed by atoms with Crippen molar-refractivity contribution >= 4 is 32.2 Å². The molecule has 0 radical (unpaired) electrons. The summed E-state index contributed by atoms with van der Waals surface area (Å²) >= 11 is 1.86. The molecule has 2 nitrogen and oxygen atoms in total. The average Bonchev–Trinajstić information content (AvgIpc) is 3.17. The summed E-state index contributed by atoms with van der Waals surface area (Å²) in [5.74, 6) is 0. The van der Waals surface area contributed by atoms with Crippen LogP contribution in [0.5, 0.6) is 0 Å². The molecule has 3 heteroatoms. The zero-order chi connectivity index (χ0) is 21.2.